The molecule has 0 unspecified atom stereocenters. The van der Waals surface area contributed by atoms with E-state index in [4.69, 9.17) is 0 Å². The van der Waals surface area contributed by atoms with Gasteiger partial charge in [-0.15, -0.1) is 0 Å². The molecule has 0 aliphatic heterocycles. The molecule has 0 N–H and O–H groups in total. The van der Waals surface area contributed by atoms with E-state index in [9.17, 15) is 4.79 Å². The minimum atomic E-state index is -0.0408. The van der Waals surface area contributed by atoms with Crippen LogP contribution in [0, 0.1) is 0 Å². The quantitative estimate of drug-likeness (QED) is 0.695. The first kappa shape index (κ1) is 15.1. The summed E-state index contributed by atoms with van der Waals surface area (Å²) in [6.45, 7) is 0.488. The summed E-state index contributed by atoms with van der Waals surface area (Å²) >= 11 is 0. The molecular weight excluding hydrogens is 288 g/mol. The number of para-hydroxylation sites is 1. The summed E-state index contributed by atoms with van der Waals surface area (Å²) in [5.41, 5.74) is 2.20. The molecule has 1 aromatic carbocycles. The molecule has 0 atom stereocenters. The van der Waals surface area contributed by atoms with Gasteiger partial charge >= 0.3 is 0 Å². The van der Waals surface area contributed by atoms with Gasteiger partial charge < -0.3 is 14.0 Å². The Hall–Kier alpha value is -2.82. The average molecular weight is 308 g/mol. The number of aromatic nitrogens is 3. The van der Waals surface area contributed by atoms with Gasteiger partial charge in [0.05, 0.1) is 6.54 Å². The number of hydrogen-bond donors (Lipinski definition) is 0. The lowest BCUT2D eigenvalue weighted by molar-refractivity contribution is -0.125. The van der Waals surface area contributed by atoms with Crippen LogP contribution in [0.4, 0.5) is 0 Å². The molecular formula is C18H20N4O. The van der Waals surface area contributed by atoms with Crippen molar-refractivity contribution in [3.05, 3.63) is 60.3 Å². The average Bonchev–Trinajstić information content (AvgIpc) is 3.09. The van der Waals surface area contributed by atoms with Crippen molar-refractivity contribution in [2.75, 3.05) is 7.05 Å². The summed E-state index contributed by atoms with van der Waals surface area (Å²) in [6, 6.07) is 8.16. The van der Waals surface area contributed by atoms with Crippen LogP contribution in [0.15, 0.2) is 48.9 Å². The summed E-state index contributed by atoms with van der Waals surface area (Å²) < 4.78 is 3.98. The predicted octanol–water partition coefficient (Wildman–Crippen LogP) is 2.58. The van der Waals surface area contributed by atoms with Gasteiger partial charge in [0.25, 0.3) is 0 Å². The van der Waals surface area contributed by atoms with E-state index in [-0.39, 0.29) is 5.91 Å². The highest BCUT2D eigenvalue weighted by Crippen LogP contribution is 2.21. The van der Waals surface area contributed by atoms with E-state index in [2.05, 4.69) is 21.7 Å². The van der Waals surface area contributed by atoms with Crippen LogP contribution in [-0.2, 0) is 25.4 Å². The molecule has 5 heteroatoms. The topological polar surface area (TPSA) is 43.1 Å². The third-order valence-corrected chi connectivity index (χ3v) is 4.01. The molecule has 0 radical (unpaired) electrons. The van der Waals surface area contributed by atoms with Gasteiger partial charge in [-0.2, -0.15) is 0 Å². The smallest absolute Gasteiger partial charge is 0.246 e. The first-order chi connectivity index (χ1) is 11.1. The lowest BCUT2D eigenvalue weighted by atomic mass is 10.1. The number of fused-ring (bicyclic) bond motifs is 1. The van der Waals surface area contributed by atoms with E-state index >= 15 is 0 Å². The zero-order valence-corrected chi connectivity index (χ0v) is 13.6. The molecule has 0 aliphatic carbocycles. The lowest BCUT2D eigenvalue weighted by Gasteiger charge is -2.14. The van der Waals surface area contributed by atoms with E-state index in [0.717, 1.165) is 22.3 Å². The Morgan fingerprint density at radius 2 is 2.04 bits per heavy atom. The van der Waals surface area contributed by atoms with Crippen LogP contribution in [-0.4, -0.2) is 32.0 Å². The van der Waals surface area contributed by atoms with Crippen molar-refractivity contribution in [2.24, 2.45) is 14.1 Å². The molecule has 2 aromatic heterocycles. The van der Waals surface area contributed by atoms with Crippen LogP contribution < -0.4 is 0 Å². The van der Waals surface area contributed by atoms with Gasteiger partial charge in [-0.3, -0.25) is 4.79 Å². The van der Waals surface area contributed by atoms with E-state index in [1.54, 1.807) is 24.2 Å². The van der Waals surface area contributed by atoms with Crippen LogP contribution in [0.1, 0.15) is 11.4 Å². The van der Waals surface area contributed by atoms with Crippen LogP contribution in [0.2, 0.25) is 0 Å². The third kappa shape index (κ3) is 3.04. The Labute approximate surface area is 135 Å². The third-order valence-electron chi connectivity index (χ3n) is 4.01. The molecule has 0 saturated carbocycles. The van der Waals surface area contributed by atoms with Gasteiger partial charge in [-0.1, -0.05) is 18.2 Å². The Bertz CT molecular complexity index is 872. The Morgan fingerprint density at radius 3 is 2.78 bits per heavy atom. The highest BCUT2D eigenvalue weighted by molar-refractivity contribution is 5.96. The van der Waals surface area contributed by atoms with Crippen molar-refractivity contribution in [3.8, 4) is 0 Å². The number of likely N-dealkylation sites (N-methyl/N-ethyl adjacent to an activating group) is 1. The number of imidazole rings is 1. The van der Waals surface area contributed by atoms with Crippen LogP contribution >= 0.6 is 0 Å². The summed E-state index contributed by atoms with van der Waals surface area (Å²) in [6.07, 6.45) is 9.14. The maximum absolute atomic E-state index is 12.3. The van der Waals surface area contributed by atoms with Gasteiger partial charge in [0.2, 0.25) is 5.91 Å². The van der Waals surface area contributed by atoms with Crippen LogP contribution in [0.5, 0.6) is 0 Å². The van der Waals surface area contributed by atoms with Gasteiger partial charge in [-0.05, 0) is 12.1 Å². The monoisotopic (exact) mass is 308 g/mol. The minimum absolute atomic E-state index is 0.0408. The van der Waals surface area contributed by atoms with Gasteiger partial charge in [0, 0.05) is 62.3 Å². The minimum Gasteiger partial charge on any atom is -0.350 e. The molecule has 3 rings (SSSR count). The fraction of sp³-hybridized carbons (Fsp3) is 0.222. The summed E-state index contributed by atoms with van der Waals surface area (Å²) in [7, 11) is 5.71. The molecule has 0 bridgehead atoms. The van der Waals surface area contributed by atoms with Crippen molar-refractivity contribution in [1.82, 2.24) is 19.0 Å². The Kier molecular flexibility index (Phi) is 4.02. The zero-order valence-electron chi connectivity index (χ0n) is 13.6. The molecule has 0 spiro atoms. The number of hydrogen-bond acceptors (Lipinski definition) is 2. The van der Waals surface area contributed by atoms with Crippen molar-refractivity contribution >= 4 is 22.9 Å². The highest BCUT2D eigenvalue weighted by Gasteiger charge is 2.09. The normalized spacial score (nSPS) is 11.4. The molecule has 0 fully saturated rings. The second-order valence-corrected chi connectivity index (χ2v) is 5.69. The second-order valence-electron chi connectivity index (χ2n) is 5.69. The number of benzene rings is 1. The van der Waals surface area contributed by atoms with E-state index in [0.29, 0.717) is 6.54 Å². The van der Waals surface area contributed by atoms with Gasteiger partial charge in [0.15, 0.2) is 0 Å². The van der Waals surface area contributed by atoms with Crippen molar-refractivity contribution < 1.29 is 4.79 Å². The van der Waals surface area contributed by atoms with Crippen molar-refractivity contribution in [3.63, 3.8) is 0 Å². The molecule has 1 amide bonds. The van der Waals surface area contributed by atoms with Crippen LogP contribution in [0.3, 0.4) is 0 Å². The summed E-state index contributed by atoms with van der Waals surface area (Å²) in [5, 5.41) is 1.14. The SMILES string of the molecule is CN(Cc1nccn1C)C(=O)C=Cc1cn(C)c2ccccc12. The fourth-order valence-corrected chi connectivity index (χ4v) is 2.63. The molecule has 5 nitrogen and oxygen atoms in total. The lowest BCUT2D eigenvalue weighted by Crippen LogP contribution is -2.25. The summed E-state index contributed by atoms with van der Waals surface area (Å²) in [5.74, 6) is 0.820. The molecule has 0 saturated heterocycles. The number of amides is 1. The Balaban J connectivity index is 1.76. The van der Waals surface area contributed by atoms with E-state index in [1.165, 1.54) is 0 Å². The first-order valence-electron chi connectivity index (χ1n) is 7.49. The summed E-state index contributed by atoms with van der Waals surface area (Å²) in [4.78, 5) is 18.2. The first-order valence-corrected chi connectivity index (χ1v) is 7.49. The fourth-order valence-electron chi connectivity index (χ4n) is 2.63. The maximum Gasteiger partial charge on any atom is 0.246 e. The predicted molar refractivity (Wildman–Crippen MR) is 91.6 cm³/mol. The zero-order chi connectivity index (χ0) is 16.4. The number of carbonyl (C=O) groups is 1. The second kappa shape index (κ2) is 6.12. The molecule has 23 heavy (non-hydrogen) atoms. The Morgan fingerprint density at radius 1 is 1.26 bits per heavy atom. The van der Waals surface area contributed by atoms with Gasteiger partial charge in [0.1, 0.15) is 5.82 Å². The molecule has 2 heterocycles. The number of carbonyl (C=O) groups excluding carboxylic acids is 1. The number of nitrogens with zero attached hydrogens (tertiary/aromatic N) is 4. The number of rotatable bonds is 4. The number of aryl methyl sites for hydroxylation is 2. The molecule has 118 valence electrons. The highest BCUT2D eigenvalue weighted by atomic mass is 16.2. The van der Waals surface area contributed by atoms with Crippen molar-refractivity contribution in [1.29, 1.82) is 0 Å². The largest absolute Gasteiger partial charge is 0.350 e. The molecule has 0 aliphatic rings. The van der Waals surface area contributed by atoms with E-state index in [1.807, 2.05) is 49.3 Å². The standard InChI is InChI=1S/C18H20N4O/c1-20-11-10-19-17(20)13-22(3)18(23)9-8-14-12-21(2)16-7-5-4-6-15(14)16/h4-12H,13H2,1-3H3. The maximum atomic E-state index is 12.3. The molecule has 3 aromatic rings. The van der Waals surface area contributed by atoms with Gasteiger partial charge in [-0.25, -0.2) is 4.98 Å². The van der Waals surface area contributed by atoms with Crippen LogP contribution in [0.25, 0.3) is 17.0 Å². The van der Waals surface area contributed by atoms with Crippen molar-refractivity contribution in [2.45, 2.75) is 6.54 Å². The van der Waals surface area contributed by atoms with E-state index < -0.39 is 0 Å².